The van der Waals surface area contributed by atoms with Gasteiger partial charge in [-0.3, -0.25) is 4.57 Å². The van der Waals surface area contributed by atoms with Gasteiger partial charge >= 0.3 is 13.8 Å². The summed E-state index contributed by atoms with van der Waals surface area (Å²) < 4.78 is 75.2. The van der Waals surface area contributed by atoms with Crippen molar-refractivity contribution >= 4 is 30.8 Å². The fourth-order valence-electron chi connectivity index (χ4n) is 2.24. The van der Waals surface area contributed by atoms with E-state index in [9.17, 15) is 22.1 Å². The Kier molecular flexibility index (Phi) is 7.39. The van der Waals surface area contributed by atoms with Gasteiger partial charge in [0.1, 0.15) is 16.5 Å². The maximum atomic E-state index is 14.3. The van der Waals surface area contributed by atoms with Crippen molar-refractivity contribution in [3.8, 4) is 0 Å². The van der Waals surface area contributed by atoms with Gasteiger partial charge < -0.3 is 14.4 Å². The van der Waals surface area contributed by atoms with Crippen LogP contribution in [-0.2, 0) is 26.0 Å². The Morgan fingerprint density at radius 1 is 1.21 bits per heavy atom. The number of nitrogens with one attached hydrogen (secondary N) is 1. The number of anilines is 2. The van der Waals surface area contributed by atoms with E-state index in [0.29, 0.717) is 11.8 Å². The number of aromatic nitrogens is 2. The standard InChI is InChI=1S/C16H17ClF4N3O3P/c1-3-26-28(25,27-4-2)9-10-5-6-13(12(18)7-10)23-15-22-8-11(14(17)24-15)16(19,20)21/h5-8H,3-4,9H2,1-2H3,(H,22,23,24). The van der Waals surface area contributed by atoms with Crippen LogP contribution in [0.4, 0.5) is 29.2 Å². The lowest BCUT2D eigenvalue weighted by Gasteiger charge is -2.17. The van der Waals surface area contributed by atoms with Crippen molar-refractivity contribution in [2.45, 2.75) is 26.2 Å². The highest BCUT2D eigenvalue weighted by atomic mass is 35.5. The second-order valence-corrected chi connectivity index (χ2v) is 7.85. The van der Waals surface area contributed by atoms with Crippen LogP contribution in [0.15, 0.2) is 24.4 Å². The van der Waals surface area contributed by atoms with E-state index in [1.807, 2.05) is 0 Å². The molecule has 6 nitrogen and oxygen atoms in total. The Morgan fingerprint density at radius 3 is 2.36 bits per heavy atom. The van der Waals surface area contributed by atoms with Crippen molar-refractivity contribution < 1.29 is 31.2 Å². The van der Waals surface area contributed by atoms with Crippen LogP contribution in [0.2, 0.25) is 5.15 Å². The molecule has 0 fully saturated rings. The summed E-state index contributed by atoms with van der Waals surface area (Å²) in [6, 6.07) is 3.89. The highest BCUT2D eigenvalue weighted by Crippen LogP contribution is 2.51. The fourth-order valence-corrected chi connectivity index (χ4v) is 4.16. The van der Waals surface area contributed by atoms with Crippen molar-refractivity contribution in [3.05, 3.63) is 46.5 Å². The number of hydrogen-bond donors (Lipinski definition) is 1. The molecule has 154 valence electrons. The molecule has 1 aromatic carbocycles. The predicted molar refractivity (Wildman–Crippen MR) is 96.3 cm³/mol. The first kappa shape index (κ1) is 22.5. The minimum atomic E-state index is -4.70. The molecule has 0 saturated heterocycles. The van der Waals surface area contributed by atoms with Gasteiger partial charge in [-0.2, -0.15) is 13.2 Å². The van der Waals surface area contributed by atoms with Crippen LogP contribution >= 0.6 is 19.2 Å². The molecule has 0 aliphatic carbocycles. The molecule has 0 spiro atoms. The Morgan fingerprint density at radius 2 is 1.86 bits per heavy atom. The predicted octanol–water partition coefficient (Wildman–Crippen LogP) is 5.80. The Bertz CT molecular complexity index is 873. The van der Waals surface area contributed by atoms with E-state index >= 15 is 0 Å². The molecular formula is C16H17ClF4N3O3P. The smallest absolute Gasteiger partial charge is 0.322 e. The van der Waals surface area contributed by atoms with Gasteiger partial charge in [-0.25, -0.2) is 14.4 Å². The lowest BCUT2D eigenvalue weighted by Crippen LogP contribution is -2.09. The van der Waals surface area contributed by atoms with Crippen LogP contribution in [0.5, 0.6) is 0 Å². The maximum Gasteiger partial charge on any atom is 0.420 e. The second-order valence-electron chi connectivity index (χ2n) is 5.44. The van der Waals surface area contributed by atoms with Gasteiger partial charge in [0.15, 0.2) is 0 Å². The molecule has 0 atom stereocenters. The van der Waals surface area contributed by atoms with Gasteiger partial charge in [-0.1, -0.05) is 17.7 Å². The molecular weight excluding hydrogens is 425 g/mol. The van der Waals surface area contributed by atoms with Crippen molar-refractivity contribution in [1.29, 1.82) is 0 Å². The summed E-state index contributed by atoms with van der Waals surface area (Å²) >= 11 is 5.51. The Balaban J connectivity index is 2.19. The first-order chi connectivity index (χ1) is 13.1. The third-order valence-corrected chi connectivity index (χ3v) is 5.70. The molecule has 1 aromatic heterocycles. The zero-order valence-electron chi connectivity index (χ0n) is 14.9. The average molecular weight is 442 g/mol. The monoisotopic (exact) mass is 441 g/mol. The zero-order chi connectivity index (χ0) is 20.9. The normalized spacial score (nSPS) is 12.2. The number of alkyl halides is 3. The van der Waals surface area contributed by atoms with Crippen molar-refractivity contribution in [2.75, 3.05) is 18.5 Å². The van der Waals surface area contributed by atoms with Gasteiger partial charge in [-0.05, 0) is 31.5 Å². The third-order valence-electron chi connectivity index (χ3n) is 3.36. The van der Waals surface area contributed by atoms with Gasteiger partial charge in [-0.15, -0.1) is 0 Å². The Labute approximate surface area is 163 Å². The second kappa shape index (κ2) is 9.17. The molecule has 12 heteroatoms. The topological polar surface area (TPSA) is 73.3 Å². The van der Waals surface area contributed by atoms with Crippen LogP contribution in [0.25, 0.3) is 0 Å². The molecule has 0 aliphatic heterocycles. The molecule has 1 heterocycles. The van der Waals surface area contributed by atoms with Gasteiger partial charge in [0.25, 0.3) is 0 Å². The number of hydrogen-bond acceptors (Lipinski definition) is 6. The highest BCUT2D eigenvalue weighted by molar-refractivity contribution is 7.53. The van der Waals surface area contributed by atoms with E-state index in [1.54, 1.807) is 13.8 Å². The third kappa shape index (κ3) is 5.88. The molecule has 0 radical (unpaired) electrons. The first-order valence-corrected chi connectivity index (χ1v) is 10.2. The van der Waals surface area contributed by atoms with Gasteiger partial charge in [0, 0.05) is 6.20 Å². The quantitative estimate of drug-likeness (QED) is 0.317. The van der Waals surface area contributed by atoms with Crippen LogP contribution in [0, 0.1) is 5.82 Å². The minimum Gasteiger partial charge on any atom is -0.322 e. The summed E-state index contributed by atoms with van der Waals surface area (Å²) in [6.45, 7) is 3.67. The fraction of sp³-hybridized carbons (Fsp3) is 0.375. The number of halogens is 5. The number of benzene rings is 1. The average Bonchev–Trinajstić information content (AvgIpc) is 2.56. The van der Waals surface area contributed by atoms with Crippen LogP contribution in [0.1, 0.15) is 25.0 Å². The molecule has 2 rings (SSSR count). The summed E-state index contributed by atoms with van der Waals surface area (Å²) in [6.07, 6.45) is -4.32. The largest absolute Gasteiger partial charge is 0.420 e. The van der Waals surface area contributed by atoms with Crippen LogP contribution in [0.3, 0.4) is 0 Å². The maximum absolute atomic E-state index is 14.3. The van der Waals surface area contributed by atoms with Crippen molar-refractivity contribution in [2.24, 2.45) is 0 Å². The summed E-state index contributed by atoms with van der Waals surface area (Å²) in [4.78, 5) is 6.97. The number of nitrogens with zero attached hydrogens (tertiary/aromatic N) is 2. The van der Waals surface area contributed by atoms with Crippen LogP contribution < -0.4 is 5.32 Å². The number of rotatable bonds is 8. The summed E-state index contributed by atoms with van der Waals surface area (Å²) in [5.74, 6) is -1.06. The SMILES string of the molecule is CCOP(=O)(Cc1ccc(Nc2ncc(C(F)(F)F)c(Cl)n2)c(F)c1)OCC. The van der Waals surface area contributed by atoms with Crippen molar-refractivity contribution in [3.63, 3.8) is 0 Å². The van der Waals surface area contributed by atoms with Crippen LogP contribution in [-0.4, -0.2) is 23.2 Å². The summed E-state index contributed by atoms with van der Waals surface area (Å²) in [5.41, 5.74) is -0.931. The molecule has 0 aliphatic rings. The molecule has 0 unspecified atom stereocenters. The van der Waals surface area contributed by atoms with E-state index in [1.165, 1.54) is 12.1 Å². The Hall–Kier alpha value is -1.74. The summed E-state index contributed by atoms with van der Waals surface area (Å²) in [7, 11) is -3.41. The molecule has 0 bridgehead atoms. The van der Waals surface area contributed by atoms with E-state index in [2.05, 4.69) is 15.3 Å². The van der Waals surface area contributed by atoms with E-state index in [0.717, 1.165) is 6.07 Å². The van der Waals surface area contributed by atoms with E-state index < -0.39 is 30.3 Å². The lowest BCUT2D eigenvalue weighted by atomic mass is 10.2. The molecule has 1 N–H and O–H groups in total. The van der Waals surface area contributed by atoms with E-state index in [-0.39, 0.29) is 31.0 Å². The molecule has 2 aromatic rings. The molecule has 0 amide bonds. The van der Waals surface area contributed by atoms with Crippen molar-refractivity contribution in [1.82, 2.24) is 9.97 Å². The minimum absolute atomic E-state index is 0.0952. The van der Waals surface area contributed by atoms with E-state index in [4.69, 9.17) is 20.6 Å². The van der Waals surface area contributed by atoms with Gasteiger partial charge in [0.05, 0.1) is 25.1 Å². The highest BCUT2D eigenvalue weighted by Gasteiger charge is 2.34. The zero-order valence-corrected chi connectivity index (χ0v) is 16.5. The lowest BCUT2D eigenvalue weighted by molar-refractivity contribution is -0.137. The molecule has 28 heavy (non-hydrogen) atoms. The molecule has 0 saturated carbocycles. The van der Waals surface area contributed by atoms with Gasteiger partial charge in [0.2, 0.25) is 5.95 Å². The first-order valence-electron chi connectivity index (χ1n) is 8.11. The summed E-state index contributed by atoms with van der Waals surface area (Å²) in [5, 5.41) is 1.64.